The Kier molecular flexibility index (Phi) is 13.5. The van der Waals surface area contributed by atoms with Crippen LogP contribution in [0.15, 0.2) is 34.3 Å². The Morgan fingerprint density at radius 1 is 0.730 bits per heavy atom. The average molecular weight is 613 g/mol. The number of fused-ring (bicyclic) bond motifs is 3. The minimum absolute atomic E-state index is 0.660. The average Bonchev–Trinajstić information content (AvgIpc) is 3.70. The quantitative estimate of drug-likeness (QED) is 0.288. The first-order chi connectivity index (χ1) is 18.2. The third-order valence-electron chi connectivity index (χ3n) is 6.16. The molecule has 3 nitrogen and oxygen atoms in total. The molecule has 6 rings (SSSR count). The van der Waals surface area contributed by atoms with Crippen molar-refractivity contribution in [3.8, 4) is 37.0 Å². The Labute approximate surface area is 243 Å². The van der Waals surface area contributed by atoms with Crippen LogP contribution < -0.4 is 5.32 Å². The molecule has 0 aliphatic carbocycles. The molecule has 3 aromatic rings. The van der Waals surface area contributed by atoms with Crippen molar-refractivity contribution in [3.63, 3.8) is 0 Å². The monoisotopic (exact) mass is 611 g/mol. The van der Waals surface area contributed by atoms with Crippen LogP contribution in [-0.4, -0.2) is 47.9 Å². The maximum atomic E-state index is 5.27. The molecule has 6 heterocycles. The van der Waals surface area contributed by atoms with Gasteiger partial charge in [0.05, 0.1) is 18.4 Å². The number of halogens is 1. The summed E-state index contributed by atoms with van der Waals surface area (Å²) >= 11 is 8.63. The van der Waals surface area contributed by atoms with Gasteiger partial charge in [-0.25, -0.2) is 0 Å². The standard InChI is InChI=1S/2C10H11NS.C7H9NS.C3H3Br/c2*1-2-5-11-6-3-10-9(8-11)4-7-12-10;1-3-8-5-6-2-4-9-7(1)6;1-2-3-4/h2*1,4,7H,3,5-6,8H2;2,4,8H,1,3,5H2;1H,3H2. The predicted molar refractivity (Wildman–Crippen MR) is 167 cm³/mol. The molecule has 37 heavy (non-hydrogen) atoms. The summed E-state index contributed by atoms with van der Waals surface area (Å²) in [4.78, 5) is 9.30. The molecule has 1 N–H and O–H groups in total. The van der Waals surface area contributed by atoms with Crippen LogP contribution in [0.3, 0.4) is 0 Å². The fourth-order valence-corrected chi connectivity index (χ4v) is 7.00. The molecule has 7 heteroatoms. The van der Waals surface area contributed by atoms with Gasteiger partial charge in [-0.1, -0.05) is 33.7 Å². The molecule has 194 valence electrons. The second kappa shape index (κ2) is 16.9. The van der Waals surface area contributed by atoms with Crippen LogP contribution in [0.25, 0.3) is 0 Å². The molecule has 3 aliphatic rings. The fourth-order valence-electron chi connectivity index (χ4n) is 4.31. The molecule has 0 amide bonds. The summed E-state index contributed by atoms with van der Waals surface area (Å²) in [7, 11) is 0. The number of alkyl halides is 1. The summed E-state index contributed by atoms with van der Waals surface area (Å²) in [5, 5.41) is 10.5. The lowest BCUT2D eigenvalue weighted by atomic mass is 10.1. The van der Waals surface area contributed by atoms with Crippen LogP contribution >= 0.6 is 49.9 Å². The summed E-state index contributed by atoms with van der Waals surface area (Å²) in [6.07, 6.45) is 18.8. The molecule has 0 fully saturated rings. The minimum atomic E-state index is 0.660. The summed E-state index contributed by atoms with van der Waals surface area (Å²) < 4.78 is 0. The van der Waals surface area contributed by atoms with E-state index in [4.69, 9.17) is 19.3 Å². The van der Waals surface area contributed by atoms with E-state index in [1.165, 1.54) is 36.0 Å². The van der Waals surface area contributed by atoms with Crippen molar-refractivity contribution in [2.75, 3.05) is 38.1 Å². The van der Waals surface area contributed by atoms with Crippen molar-refractivity contribution in [1.82, 2.24) is 15.1 Å². The van der Waals surface area contributed by atoms with Crippen molar-refractivity contribution in [2.24, 2.45) is 0 Å². The highest BCUT2D eigenvalue weighted by atomic mass is 79.9. The zero-order chi connectivity index (χ0) is 26.3. The van der Waals surface area contributed by atoms with Gasteiger partial charge in [0.15, 0.2) is 0 Å². The Morgan fingerprint density at radius 2 is 1.19 bits per heavy atom. The van der Waals surface area contributed by atoms with Gasteiger partial charge in [0.1, 0.15) is 0 Å². The normalized spacial score (nSPS) is 15.7. The van der Waals surface area contributed by atoms with Crippen LogP contribution in [0.5, 0.6) is 0 Å². The van der Waals surface area contributed by atoms with E-state index in [2.05, 4.69) is 83.1 Å². The topological polar surface area (TPSA) is 18.5 Å². The molecular weight excluding hydrogens is 578 g/mol. The van der Waals surface area contributed by atoms with E-state index in [1.807, 2.05) is 34.0 Å². The molecule has 0 unspecified atom stereocenters. The predicted octanol–water partition coefficient (Wildman–Crippen LogP) is 5.89. The molecule has 0 atom stereocenters. The van der Waals surface area contributed by atoms with Crippen LogP contribution in [0, 0.1) is 37.0 Å². The molecule has 3 aromatic heterocycles. The number of terminal acetylenes is 3. The highest BCUT2D eigenvalue weighted by Crippen LogP contribution is 2.24. The summed E-state index contributed by atoms with van der Waals surface area (Å²) in [5.74, 6) is 7.73. The van der Waals surface area contributed by atoms with E-state index >= 15 is 0 Å². The lowest BCUT2D eigenvalue weighted by Gasteiger charge is -2.24. The smallest absolute Gasteiger partial charge is 0.0642 e. The first-order valence-corrected chi connectivity index (χ1v) is 16.1. The number of nitrogens with one attached hydrogen (secondary N) is 1. The van der Waals surface area contributed by atoms with Gasteiger partial charge >= 0.3 is 0 Å². The van der Waals surface area contributed by atoms with Gasteiger partial charge in [-0.3, -0.25) is 9.80 Å². The van der Waals surface area contributed by atoms with Crippen LogP contribution in [0.4, 0.5) is 0 Å². The van der Waals surface area contributed by atoms with Gasteiger partial charge in [-0.05, 0) is 70.3 Å². The van der Waals surface area contributed by atoms with Gasteiger partial charge in [0.25, 0.3) is 0 Å². The van der Waals surface area contributed by atoms with Gasteiger partial charge in [-0.2, -0.15) is 0 Å². The maximum Gasteiger partial charge on any atom is 0.0642 e. The highest BCUT2D eigenvalue weighted by Gasteiger charge is 2.16. The summed E-state index contributed by atoms with van der Waals surface area (Å²) in [6, 6.07) is 6.64. The van der Waals surface area contributed by atoms with E-state index in [1.54, 1.807) is 14.6 Å². The van der Waals surface area contributed by atoms with Gasteiger partial charge in [-0.15, -0.1) is 53.3 Å². The number of nitrogens with zero attached hydrogens (tertiary/aromatic N) is 2. The number of rotatable bonds is 2. The van der Waals surface area contributed by atoms with Crippen LogP contribution in [0.2, 0.25) is 0 Å². The van der Waals surface area contributed by atoms with Crippen LogP contribution in [0.1, 0.15) is 31.3 Å². The van der Waals surface area contributed by atoms with Crippen molar-refractivity contribution in [2.45, 2.75) is 38.9 Å². The maximum absolute atomic E-state index is 5.27. The molecular formula is C30H34BrN3S3. The highest BCUT2D eigenvalue weighted by molar-refractivity contribution is 9.09. The molecule has 0 saturated carbocycles. The third-order valence-corrected chi connectivity index (χ3v) is 9.56. The molecule has 0 bridgehead atoms. The van der Waals surface area contributed by atoms with E-state index in [0.29, 0.717) is 5.33 Å². The van der Waals surface area contributed by atoms with E-state index < -0.39 is 0 Å². The largest absolute Gasteiger partial charge is 0.312 e. The zero-order valence-electron chi connectivity index (χ0n) is 21.2. The van der Waals surface area contributed by atoms with Crippen molar-refractivity contribution in [1.29, 1.82) is 0 Å². The van der Waals surface area contributed by atoms with E-state index in [0.717, 1.165) is 52.4 Å². The van der Waals surface area contributed by atoms with Crippen molar-refractivity contribution >= 4 is 49.9 Å². The Morgan fingerprint density at radius 3 is 1.62 bits per heavy atom. The number of hydrogen-bond acceptors (Lipinski definition) is 6. The van der Waals surface area contributed by atoms with Crippen molar-refractivity contribution in [3.05, 3.63) is 65.7 Å². The first-order valence-electron chi connectivity index (χ1n) is 12.4. The SMILES string of the molecule is C#CCBr.C#CCN1CCc2sccc2C1.C#CCN1CCc2sccc2C1.c1cc2c(s1)CCNC2. The summed E-state index contributed by atoms with van der Waals surface area (Å²) in [6.45, 7) is 8.15. The Balaban J connectivity index is 0.000000145. The zero-order valence-corrected chi connectivity index (χ0v) is 25.2. The lowest BCUT2D eigenvalue weighted by molar-refractivity contribution is 0.288. The number of hydrogen-bond donors (Lipinski definition) is 1. The van der Waals surface area contributed by atoms with E-state index in [9.17, 15) is 0 Å². The molecule has 0 saturated heterocycles. The number of thiophene rings is 3. The second-order valence-corrected chi connectivity index (χ2v) is 12.3. The summed E-state index contributed by atoms with van der Waals surface area (Å²) in [5.41, 5.74) is 4.45. The fraction of sp³-hybridized carbons (Fsp3) is 0.400. The molecule has 3 aliphatic heterocycles. The van der Waals surface area contributed by atoms with Gasteiger partial charge in [0, 0.05) is 53.9 Å². The molecule has 0 spiro atoms. The third kappa shape index (κ3) is 9.75. The van der Waals surface area contributed by atoms with E-state index in [-0.39, 0.29) is 0 Å². The lowest BCUT2D eigenvalue weighted by Crippen LogP contribution is -2.29. The Bertz CT molecular complexity index is 1120. The van der Waals surface area contributed by atoms with Crippen LogP contribution in [-0.2, 0) is 38.9 Å². The van der Waals surface area contributed by atoms with Gasteiger partial charge < -0.3 is 5.32 Å². The molecule has 0 radical (unpaired) electrons. The first kappa shape index (κ1) is 29.7. The minimum Gasteiger partial charge on any atom is -0.312 e. The molecule has 0 aromatic carbocycles. The second-order valence-electron chi connectivity index (χ2n) is 8.70. The van der Waals surface area contributed by atoms with Crippen molar-refractivity contribution < 1.29 is 0 Å². The van der Waals surface area contributed by atoms with Gasteiger partial charge in [0.2, 0.25) is 0 Å². The Hall–Kier alpha value is -1.86.